The average molecular weight is 174 g/mol. The third-order valence-corrected chi connectivity index (χ3v) is 1.42. The number of pyridine rings is 1. The molecule has 0 fully saturated rings. The Labute approximate surface area is 64.0 Å². The summed E-state index contributed by atoms with van der Waals surface area (Å²) < 4.78 is 30.6. The largest absolute Gasteiger partial charge is 0.357 e. The molecule has 0 amide bonds. The Morgan fingerprint density at radius 1 is 1.36 bits per heavy atom. The van der Waals surface area contributed by atoms with Crippen molar-refractivity contribution in [3.05, 3.63) is 24.5 Å². The van der Waals surface area contributed by atoms with Gasteiger partial charge >= 0.3 is 10.3 Å². The molecule has 1 aromatic heterocycles. The smallest absolute Gasteiger partial charge is 0.269 e. The van der Waals surface area contributed by atoms with E-state index in [0.717, 1.165) is 0 Å². The second-order valence-electron chi connectivity index (χ2n) is 1.81. The highest BCUT2D eigenvalue weighted by molar-refractivity contribution is 7.87. The Balaban J connectivity index is 2.82. The molecule has 1 heterocycles. The van der Waals surface area contributed by atoms with Gasteiger partial charge in [0.15, 0.2) is 0 Å². The van der Waals surface area contributed by atoms with E-state index in [1.54, 1.807) is 0 Å². The van der Waals surface area contributed by atoms with Crippen LogP contribution in [0.5, 0.6) is 0 Å². The second kappa shape index (κ2) is 2.85. The van der Waals surface area contributed by atoms with Gasteiger partial charge in [-0.05, 0) is 12.1 Å². The van der Waals surface area contributed by atoms with E-state index in [9.17, 15) is 8.42 Å². The summed E-state index contributed by atoms with van der Waals surface area (Å²) in [6.07, 6.45) is 2.82. The van der Waals surface area contributed by atoms with Crippen LogP contribution in [0, 0.1) is 0 Å². The molecule has 0 unspecified atom stereocenters. The van der Waals surface area contributed by atoms with Crippen LogP contribution in [0.4, 0.5) is 5.69 Å². The first kappa shape index (κ1) is 7.96. The highest BCUT2D eigenvalue weighted by Crippen LogP contribution is 2.04. The number of rotatable bonds is 2. The van der Waals surface area contributed by atoms with E-state index in [1.807, 2.05) is 4.72 Å². The van der Waals surface area contributed by atoms with Crippen molar-refractivity contribution in [3.63, 3.8) is 0 Å². The molecule has 0 bridgehead atoms. The molecule has 1 aromatic rings. The summed E-state index contributed by atoms with van der Waals surface area (Å²) in [7, 11) is -4.15. The zero-order chi connectivity index (χ0) is 8.32. The van der Waals surface area contributed by atoms with Gasteiger partial charge in [-0.25, -0.2) is 0 Å². The molecular formula is C5H6N2O3S. The molecule has 0 saturated heterocycles. The van der Waals surface area contributed by atoms with E-state index in [1.165, 1.54) is 24.5 Å². The molecule has 0 radical (unpaired) electrons. The van der Waals surface area contributed by atoms with E-state index in [-0.39, 0.29) is 5.69 Å². The summed E-state index contributed by atoms with van der Waals surface area (Å²) in [6, 6.07) is 2.85. The minimum Gasteiger partial charge on any atom is -0.269 e. The van der Waals surface area contributed by atoms with E-state index in [2.05, 4.69) is 4.98 Å². The van der Waals surface area contributed by atoms with Crippen LogP contribution in [0.2, 0.25) is 0 Å². The number of anilines is 1. The summed E-state index contributed by atoms with van der Waals surface area (Å²) in [5, 5.41) is 0. The first-order valence-corrected chi connectivity index (χ1v) is 4.17. The maximum Gasteiger partial charge on any atom is 0.357 e. The topological polar surface area (TPSA) is 79.3 Å². The van der Waals surface area contributed by atoms with Crippen molar-refractivity contribution in [1.82, 2.24) is 4.98 Å². The van der Waals surface area contributed by atoms with E-state index >= 15 is 0 Å². The van der Waals surface area contributed by atoms with E-state index in [4.69, 9.17) is 4.55 Å². The number of aromatic nitrogens is 1. The van der Waals surface area contributed by atoms with Gasteiger partial charge in [-0.3, -0.25) is 14.3 Å². The quantitative estimate of drug-likeness (QED) is 0.632. The molecule has 0 aliphatic rings. The fourth-order valence-electron chi connectivity index (χ4n) is 0.569. The summed E-state index contributed by atoms with van der Waals surface area (Å²) >= 11 is 0. The second-order valence-corrected chi connectivity index (χ2v) is 2.97. The highest BCUT2D eigenvalue weighted by atomic mass is 32.2. The Morgan fingerprint density at radius 2 is 1.91 bits per heavy atom. The monoisotopic (exact) mass is 174 g/mol. The SMILES string of the molecule is O=S(=O)(O)Nc1ccncc1. The van der Waals surface area contributed by atoms with Crippen molar-refractivity contribution in [2.24, 2.45) is 0 Å². The van der Waals surface area contributed by atoms with Gasteiger partial charge in [0, 0.05) is 12.4 Å². The Hall–Kier alpha value is -1.14. The van der Waals surface area contributed by atoms with E-state index < -0.39 is 10.3 Å². The van der Waals surface area contributed by atoms with Crippen LogP contribution in [-0.2, 0) is 10.3 Å². The number of hydrogen-bond acceptors (Lipinski definition) is 3. The normalized spacial score (nSPS) is 11.0. The summed E-state index contributed by atoms with van der Waals surface area (Å²) in [6.45, 7) is 0. The Morgan fingerprint density at radius 3 is 2.36 bits per heavy atom. The van der Waals surface area contributed by atoms with E-state index in [0.29, 0.717) is 0 Å². The van der Waals surface area contributed by atoms with Crippen LogP contribution in [-0.4, -0.2) is 18.0 Å². The Bertz CT molecular complexity index is 321. The molecule has 5 nitrogen and oxygen atoms in total. The standard InChI is InChI=1S/C5H6N2O3S/c8-11(9,10)7-5-1-3-6-4-2-5/h1-4H,(H,6,7)(H,8,9,10). The molecule has 0 atom stereocenters. The van der Waals surface area contributed by atoms with Gasteiger partial charge in [-0.2, -0.15) is 8.42 Å². The van der Waals surface area contributed by atoms with Crippen LogP contribution in [0.15, 0.2) is 24.5 Å². The molecular weight excluding hydrogens is 168 g/mol. The number of hydrogen-bond donors (Lipinski definition) is 2. The number of nitrogens with zero attached hydrogens (tertiary/aromatic N) is 1. The first-order valence-electron chi connectivity index (χ1n) is 2.73. The van der Waals surface area contributed by atoms with Crippen molar-refractivity contribution in [2.45, 2.75) is 0 Å². The molecule has 0 aliphatic heterocycles. The predicted octanol–water partition coefficient (Wildman–Crippen LogP) is 0.296. The summed E-state index contributed by atoms with van der Waals surface area (Å²) in [5.74, 6) is 0. The zero-order valence-corrected chi connectivity index (χ0v) is 6.25. The van der Waals surface area contributed by atoms with Crippen molar-refractivity contribution < 1.29 is 13.0 Å². The van der Waals surface area contributed by atoms with Gasteiger partial charge in [0.25, 0.3) is 0 Å². The van der Waals surface area contributed by atoms with Crippen LogP contribution in [0.25, 0.3) is 0 Å². The van der Waals surface area contributed by atoms with Gasteiger partial charge < -0.3 is 0 Å². The molecule has 60 valence electrons. The van der Waals surface area contributed by atoms with Crippen molar-refractivity contribution in [2.75, 3.05) is 4.72 Å². The Kier molecular flexibility index (Phi) is 2.06. The summed E-state index contributed by atoms with van der Waals surface area (Å²) in [5.41, 5.74) is 0.280. The van der Waals surface area contributed by atoms with Gasteiger partial charge in [-0.1, -0.05) is 0 Å². The van der Waals surface area contributed by atoms with Crippen LogP contribution < -0.4 is 4.72 Å². The van der Waals surface area contributed by atoms with Crippen molar-refractivity contribution >= 4 is 16.0 Å². The molecule has 6 heteroatoms. The fraction of sp³-hybridized carbons (Fsp3) is 0. The minimum absolute atomic E-state index is 0.280. The molecule has 0 saturated carbocycles. The molecule has 1 rings (SSSR count). The lowest BCUT2D eigenvalue weighted by atomic mass is 10.4. The van der Waals surface area contributed by atoms with Gasteiger partial charge in [0.05, 0.1) is 5.69 Å². The van der Waals surface area contributed by atoms with Crippen molar-refractivity contribution in [3.8, 4) is 0 Å². The lowest BCUT2D eigenvalue weighted by Crippen LogP contribution is -2.09. The van der Waals surface area contributed by atoms with Crippen molar-refractivity contribution in [1.29, 1.82) is 0 Å². The lowest BCUT2D eigenvalue weighted by molar-refractivity contribution is 0.489. The van der Waals surface area contributed by atoms with Gasteiger partial charge in [0.1, 0.15) is 0 Å². The molecule has 2 N–H and O–H groups in total. The fourth-order valence-corrected chi connectivity index (χ4v) is 1.00. The predicted molar refractivity (Wildman–Crippen MR) is 39.4 cm³/mol. The molecule has 11 heavy (non-hydrogen) atoms. The lowest BCUT2D eigenvalue weighted by Gasteiger charge is -1.99. The van der Waals surface area contributed by atoms with Gasteiger partial charge in [0.2, 0.25) is 0 Å². The first-order chi connectivity index (χ1) is 5.08. The molecule has 0 spiro atoms. The molecule has 0 aromatic carbocycles. The third kappa shape index (κ3) is 2.96. The van der Waals surface area contributed by atoms with Crippen LogP contribution in [0.3, 0.4) is 0 Å². The maximum absolute atomic E-state index is 10.2. The number of nitrogens with one attached hydrogen (secondary N) is 1. The third-order valence-electron chi connectivity index (χ3n) is 0.927. The highest BCUT2D eigenvalue weighted by Gasteiger charge is 2.01. The van der Waals surface area contributed by atoms with Crippen LogP contribution in [0.1, 0.15) is 0 Å². The molecule has 0 aliphatic carbocycles. The maximum atomic E-state index is 10.2. The average Bonchev–Trinajstić information content (AvgIpc) is 1.85. The van der Waals surface area contributed by atoms with Gasteiger partial charge in [-0.15, -0.1) is 0 Å². The summed E-state index contributed by atoms with van der Waals surface area (Å²) in [4.78, 5) is 3.66. The minimum atomic E-state index is -4.15. The zero-order valence-electron chi connectivity index (χ0n) is 5.43. The van der Waals surface area contributed by atoms with Crippen LogP contribution >= 0.6 is 0 Å².